The van der Waals surface area contributed by atoms with E-state index in [1.165, 1.54) is 12.1 Å². The van der Waals surface area contributed by atoms with Crippen LogP contribution in [-0.4, -0.2) is 5.91 Å². The number of rotatable bonds is 2. The Balaban J connectivity index is 2.25. The van der Waals surface area contributed by atoms with Crippen LogP contribution in [0.25, 0.3) is 0 Å². The van der Waals surface area contributed by atoms with Crippen molar-refractivity contribution in [3.8, 4) is 0 Å². The molecule has 0 saturated heterocycles. The first kappa shape index (κ1) is 14.6. The van der Waals surface area contributed by atoms with Gasteiger partial charge in [0, 0.05) is 16.9 Å². The highest BCUT2D eigenvalue weighted by Crippen LogP contribution is 2.27. The number of halogens is 3. The van der Waals surface area contributed by atoms with Crippen molar-refractivity contribution >= 4 is 40.5 Å². The van der Waals surface area contributed by atoms with E-state index in [2.05, 4.69) is 5.32 Å². The molecule has 20 heavy (non-hydrogen) atoms. The number of hydrogen-bond acceptors (Lipinski definition) is 2. The first-order valence-electron chi connectivity index (χ1n) is 5.70. The third-order valence-corrected chi connectivity index (χ3v) is 3.32. The van der Waals surface area contributed by atoms with E-state index in [0.29, 0.717) is 16.9 Å². The molecular weight excluding hydrogens is 302 g/mol. The van der Waals surface area contributed by atoms with Crippen LogP contribution in [0.1, 0.15) is 15.9 Å². The molecule has 0 aliphatic heterocycles. The van der Waals surface area contributed by atoms with Gasteiger partial charge in [-0.2, -0.15) is 0 Å². The van der Waals surface area contributed by atoms with Gasteiger partial charge in [-0.05, 0) is 42.8 Å². The van der Waals surface area contributed by atoms with Crippen LogP contribution < -0.4 is 11.1 Å². The van der Waals surface area contributed by atoms with E-state index in [-0.39, 0.29) is 16.0 Å². The van der Waals surface area contributed by atoms with Crippen molar-refractivity contribution in [2.75, 3.05) is 11.1 Å². The standard InChI is InChI=1S/C14H11Cl2FN2O/c1-7-4-8(2-3-12(7)18)14(20)19-9-5-10(15)13(17)11(16)6-9/h2-6H,18H2,1H3,(H,19,20). The summed E-state index contributed by atoms with van der Waals surface area (Å²) in [6.07, 6.45) is 0. The van der Waals surface area contributed by atoms with Crippen molar-refractivity contribution in [2.45, 2.75) is 6.92 Å². The van der Waals surface area contributed by atoms with E-state index in [1.54, 1.807) is 25.1 Å². The van der Waals surface area contributed by atoms with Gasteiger partial charge in [-0.15, -0.1) is 0 Å². The Morgan fingerprint density at radius 3 is 2.35 bits per heavy atom. The lowest BCUT2D eigenvalue weighted by molar-refractivity contribution is 0.102. The monoisotopic (exact) mass is 312 g/mol. The summed E-state index contributed by atoms with van der Waals surface area (Å²) in [5, 5.41) is 2.30. The molecule has 2 aromatic carbocycles. The van der Waals surface area contributed by atoms with Crippen molar-refractivity contribution in [3.63, 3.8) is 0 Å². The molecule has 3 nitrogen and oxygen atoms in total. The van der Waals surface area contributed by atoms with Gasteiger partial charge in [-0.3, -0.25) is 4.79 Å². The Morgan fingerprint density at radius 1 is 1.20 bits per heavy atom. The van der Waals surface area contributed by atoms with Gasteiger partial charge in [0.05, 0.1) is 10.0 Å². The second-order valence-electron chi connectivity index (χ2n) is 4.28. The average Bonchev–Trinajstić information content (AvgIpc) is 2.39. The largest absolute Gasteiger partial charge is 0.399 e. The smallest absolute Gasteiger partial charge is 0.255 e. The fraction of sp³-hybridized carbons (Fsp3) is 0.0714. The lowest BCUT2D eigenvalue weighted by Crippen LogP contribution is -2.12. The maximum atomic E-state index is 13.3. The molecule has 3 N–H and O–H groups in total. The van der Waals surface area contributed by atoms with Gasteiger partial charge >= 0.3 is 0 Å². The number of nitrogens with two attached hydrogens (primary N) is 1. The van der Waals surface area contributed by atoms with E-state index in [9.17, 15) is 9.18 Å². The summed E-state index contributed by atoms with van der Waals surface area (Å²) in [7, 11) is 0. The first-order valence-corrected chi connectivity index (χ1v) is 6.46. The molecule has 6 heteroatoms. The lowest BCUT2D eigenvalue weighted by Gasteiger charge is -2.08. The highest BCUT2D eigenvalue weighted by molar-refractivity contribution is 6.35. The Bertz CT molecular complexity index is 666. The minimum Gasteiger partial charge on any atom is -0.399 e. The molecule has 0 aliphatic carbocycles. The van der Waals surface area contributed by atoms with Crippen molar-refractivity contribution in [2.24, 2.45) is 0 Å². The zero-order valence-corrected chi connectivity index (χ0v) is 12.0. The van der Waals surface area contributed by atoms with E-state index >= 15 is 0 Å². The Morgan fingerprint density at radius 2 is 1.80 bits per heavy atom. The molecule has 0 saturated carbocycles. The number of benzene rings is 2. The summed E-state index contributed by atoms with van der Waals surface area (Å²) in [5.41, 5.74) is 7.85. The number of nitrogens with one attached hydrogen (secondary N) is 1. The molecule has 0 aliphatic rings. The molecule has 1 amide bonds. The molecule has 2 aromatic rings. The molecule has 0 bridgehead atoms. The highest BCUT2D eigenvalue weighted by atomic mass is 35.5. The van der Waals surface area contributed by atoms with E-state index in [0.717, 1.165) is 5.56 Å². The van der Waals surface area contributed by atoms with Crippen molar-refractivity contribution in [1.29, 1.82) is 0 Å². The SMILES string of the molecule is Cc1cc(C(=O)Nc2cc(Cl)c(F)c(Cl)c2)ccc1N. The van der Waals surface area contributed by atoms with Crippen molar-refractivity contribution in [1.82, 2.24) is 0 Å². The van der Waals surface area contributed by atoms with Gasteiger partial charge < -0.3 is 11.1 Å². The maximum Gasteiger partial charge on any atom is 0.255 e. The highest BCUT2D eigenvalue weighted by Gasteiger charge is 2.11. The van der Waals surface area contributed by atoms with Gasteiger partial charge in [-0.25, -0.2) is 4.39 Å². The van der Waals surface area contributed by atoms with Crippen LogP contribution in [0, 0.1) is 12.7 Å². The molecule has 0 aromatic heterocycles. The van der Waals surface area contributed by atoms with Crippen LogP contribution in [0.3, 0.4) is 0 Å². The summed E-state index contributed by atoms with van der Waals surface area (Å²) < 4.78 is 13.3. The maximum absolute atomic E-state index is 13.3. The number of carbonyl (C=O) groups excluding carboxylic acids is 1. The fourth-order valence-corrected chi connectivity index (χ4v) is 2.13. The summed E-state index contributed by atoms with van der Waals surface area (Å²) in [4.78, 5) is 12.1. The summed E-state index contributed by atoms with van der Waals surface area (Å²) in [6, 6.07) is 7.51. The third-order valence-electron chi connectivity index (χ3n) is 2.77. The minimum absolute atomic E-state index is 0.152. The van der Waals surface area contributed by atoms with E-state index < -0.39 is 5.82 Å². The van der Waals surface area contributed by atoms with Gasteiger partial charge in [-0.1, -0.05) is 23.2 Å². The summed E-state index contributed by atoms with van der Waals surface area (Å²) >= 11 is 11.3. The molecule has 104 valence electrons. The Labute approximate surface area is 125 Å². The Hall–Kier alpha value is -1.78. The third kappa shape index (κ3) is 3.03. The second-order valence-corrected chi connectivity index (χ2v) is 5.09. The van der Waals surface area contributed by atoms with Gasteiger partial charge in [0.25, 0.3) is 5.91 Å². The van der Waals surface area contributed by atoms with Gasteiger partial charge in [0.15, 0.2) is 5.82 Å². The first-order chi connectivity index (χ1) is 9.38. The predicted molar refractivity (Wildman–Crippen MR) is 80.0 cm³/mol. The van der Waals surface area contributed by atoms with Gasteiger partial charge in [0.2, 0.25) is 0 Å². The zero-order chi connectivity index (χ0) is 14.9. The van der Waals surface area contributed by atoms with Crippen LogP contribution in [0.15, 0.2) is 30.3 Å². The molecule has 0 heterocycles. The van der Waals surface area contributed by atoms with Crippen LogP contribution in [0.5, 0.6) is 0 Å². The van der Waals surface area contributed by atoms with Crippen LogP contribution in [0.4, 0.5) is 15.8 Å². The van der Waals surface area contributed by atoms with Crippen LogP contribution in [0.2, 0.25) is 10.0 Å². The predicted octanol–water partition coefficient (Wildman–Crippen LogP) is 4.28. The molecule has 2 rings (SSSR count). The zero-order valence-electron chi connectivity index (χ0n) is 10.5. The quantitative estimate of drug-likeness (QED) is 0.642. The lowest BCUT2D eigenvalue weighted by atomic mass is 10.1. The van der Waals surface area contributed by atoms with Crippen LogP contribution in [-0.2, 0) is 0 Å². The molecule has 0 atom stereocenters. The summed E-state index contributed by atoms with van der Waals surface area (Å²) in [6.45, 7) is 1.80. The molecule has 0 fully saturated rings. The van der Waals surface area contributed by atoms with Crippen LogP contribution >= 0.6 is 23.2 Å². The number of amides is 1. The number of nitrogen functional groups attached to an aromatic ring is 1. The van der Waals surface area contributed by atoms with Gasteiger partial charge in [0.1, 0.15) is 0 Å². The van der Waals surface area contributed by atoms with Crippen molar-refractivity contribution < 1.29 is 9.18 Å². The summed E-state index contributed by atoms with van der Waals surface area (Å²) in [5.74, 6) is -1.07. The van der Waals surface area contributed by atoms with E-state index in [1.807, 2.05) is 0 Å². The number of carbonyl (C=O) groups is 1. The molecular formula is C14H11Cl2FN2O. The topological polar surface area (TPSA) is 55.1 Å². The average molecular weight is 313 g/mol. The minimum atomic E-state index is -0.713. The second kappa shape index (κ2) is 5.69. The van der Waals surface area contributed by atoms with E-state index in [4.69, 9.17) is 28.9 Å². The fourth-order valence-electron chi connectivity index (χ4n) is 1.65. The van der Waals surface area contributed by atoms with Crippen molar-refractivity contribution in [3.05, 3.63) is 57.3 Å². The molecule has 0 unspecified atom stereocenters. The Kier molecular flexibility index (Phi) is 4.16. The molecule has 0 radical (unpaired) electrons. The normalized spacial score (nSPS) is 10.4. The number of anilines is 2. The number of aryl methyl sites for hydroxylation is 1. The molecule has 0 spiro atoms. The number of hydrogen-bond donors (Lipinski definition) is 2.